The van der Waals surface area contributed by atoms with E-state index in [-0.39, 0.29) is 18.9 Å². The highest BCUT2D eigenvalue weighted by molar-refractivity contribution is 5.81. The molecule has 0 unspecified atom stereocenters. The van der Waals surface area contributed by atoms with E-state index in [0.717, 1.165) is 11.1 Å². The lowest BCUT2D eigenvalue weighted by Crippen LogP contribution is -2.30. The van der Waals surface area contributed by atoms with Gasteiger partial charge in [0.15, 0.2) is 11.5 Å². The first kappa shape index (κ1) is 18.2. The van der Waals surface area contributed by atoms with Crippen LogP contribution in [0.5, 0.6) is 11.5 Å². The Labute approximate surface area is 144 Å². The molecule has 0 spiro atoms. The summed E-state index contributed by atoms with van der Waals surface area (Å²) in [7, 11) is 1.53. The minimum absolute atomic E-state index is 0.0488. The number of methoxy groups -OCH3 is 1. The van der Waals surface area contributed by atoms with Gasteiger partial charge in [-0.05, 0) is 23.3 Å². The Morgan fingerprint density at radius 3 is 2.60 bits per heavy atom. The predicted molar refractivity (Wildman–Crippen MR) is 88.6 cm³/mol. The Morgan fingerprint density at radius 2 is 1.92 bits per heavy atom. The Kier molecular flexibility index (Phi) is 6.70. The van der Waals surface area contributed by atoms with E-state index in [2.05, 4.69) is 15.3 Å². The summed E-state index contributed by atoms with van der Waals surface area (Å²) in [4.78, 5) is 29.9. The van der Waals surface area contributed by atoms with Gasteiger partial charge in [0, 0.05) is 18.8 Å². The van der Waals surface area contributed by atoms with Gasteiger partial charge in [-0.25, -0.2) is 9.97 Å². The summed E-state index contributed by atoms with van der Waals surface area (Å²) in [5.41, 5.74) is 1.95. The second-order valence-corrected chi connectivity index (χ2v) is 5.18. The fourth-order valence-electron chi connectivity index (χ4n) is 2.12. The summed E-state index contributed by atoms with van der Waals surface area (Å²) in [6.45, 7) is -0.295. The maximum atomic E-state index is 11.5. The van der Waals surface area contributed by atoms with E-state index < -0.39 is 12.5 Å². The molecule has 2 rings (SSSR count). The Balaban J connectivity index is 1.95. The molecule has 0 aliphatic rings. The fourth-order valence-corrected chi connectivity index (χ4v) is 2.12. The van der Waals surface area contributed by atoms with Crippen LogP contribution in [-0.4, -0.2) is 47.2 Å². The topological polar surface area (TPSA) is 111 Å². The smallest absolute Gasteiger partial charge is 0.322 e. The minimum Gasteiger partial charge on any atom is -0.493 e. The summed E-state index contributed by atoms with van der Waals surface area (Å²) < 4.78 is 10.9. The van der Waals surface area contributed by atoms with Crippen molar-refractivity contribution in [1.82, 2.24) is 15.3 Å². The molecule has 1 amide bonds. The molecule has 0 bridgehead atoms. The van der Waals surface area contributed by atoms with Crippen LogP contribution in [0.2, 0.25) is 0 Å². The van der Waals surface area contributed by atoms with E-state index in [1.54, 1.807) is 18.5 Å². The number of aliphatic carboxylic acids is 1. The fraction of sp³-hybridized carbons (Fsp3) is 0.294. The number of carboxylic acid groups (broad SMARTS) is 1. The van der Waals surface area contributed by atoms with Gasteiger partial charge in [-0.1, -0.05) is 6.07 Å². The van der Waals surface area contributed by atoms with Crippen molar-refractivity contribution < 1.29 is 24.2 Å². The van der Waals surface area contributed by atoms with Crippen LogP contribution in [0.4, 0.5) is 0 Å². The normalized spacial score (nSPS) is 10.1. The lowest BCUT2D eigenvalue weighted by molar-refractivity contribution is -0.138. The number of hydrogen-bond acceptors (Lipinski definition) is 6. The van der Waals surface area contributed by atoms with Gasteiger partial charge < -0.3 is 19.9 Å². The summed E-state index contributed by atoms with van der Waals surface area (Å²) >= 11 is 0. The average molecular weight is 345 g/mol. The standard InChI is InChI=1S/C17H19N3O5/c1-24-14-3-2-12(6-13-8-18-11-19-9-13)7-15(14)25-5-4-16(21)20-10-17(22)23/h2-3,7-9,11H,4-6,10H2,1H3,(H,20,21)(H,22,23). The van der Waals surface area contributed by atoms with Crippen LogP contribution < -0.4 is 14.8 Å². The van der Waals surface area contributed by atoms with Gasteiger partial charge in [0.05, 0.1) is 20.1 Å². The average Bonchev–Trinajstić information content (AvgIpc) is 2.61. The first-order valence-corrected chi connectivity index (χ1v) is 7.60. The van der Waals surface area contributed by atoms with E-state index in [1.165, 1.54) is 13.4 Å². The van der Waals surface area contributed by atoms with Crippen molar-refractivity contribution in [2.75, 3.05) is 20.3 Å². The van der Waals surface area contributed by atoms with Gasteiger partial charge in [0.2, 0.25) is 5.91 Å². The largest absolute Gasteiger partial charge is 0.493 e. The SMILES string of the molecule is COc1ccc(Cc2cncnc2)cc1OCCC(=O)NCC(=O)O. The molecule has 0 saturated carbocycles. The molecule has 0 radical (unpaired) electrons. The number of benzene rings is 1. The minimum atomic E-state index is -1.09. The zero-order chi connectivity index (χ0) is 18.1. The first-order chi connectivity index (χ1) is 12.1. The van der Waals surface area contributed by atoms with E-state index in [1.807, 2.05) is 12.1 Å². The number of amides is 1. The molecule has 0 fully saturated rings. The van der Waals surface area contributed by atoms with Crippen LogP contribution in [0.25, 0.3) is 0 Å². The Morgan fingerprint density at radius 1 is 1.16 bits per heavy atom. The second-order valence-electron chi connectivity index (χ2n) is 5.18. The van der Waals surface area contributed by atoms with Gasteiger partial charge in [-0.15, -0.1) is 0 Å². The van der Waals surface area contributed by atoms with Crippen molar-refractivity contribution in [1.29, 1.82) is 0 Å². The first-order valence-electron chi connectivity index (χ1n) is 7.60. The molecule has 0 atom stereocenters. The number of ether oxygens (including phenoxy) is 2. The molecule has 1 heterocycles. The van der Waals surface area contributed by atoms with Crippen LogP contribution in [-0.2, 0) is 16.0 Å². The summed E-state index contributed by atoms with van der Waals surface area (Å²) in [6, 6.07) is 5.54. The predicted octanol–water partition coefficient (Wildman–Crippen LogP) is 1.05. The third-order valence-electron chi connectivity index (χ3n) is 3.27. The molecule has 8 nitrogen and oxygen atoms in total. The van der Waals surface area contributed by atoms with Crippen LogP contribution >= 0.6 is 0 Å². The summed E-state index contributed by atoms with van der Waals surface area (Å²) in [5, 5.41) is 10.8. The number of nitrogens with zero attached hydrogens (tertiary/aromatic N) is 2. The van der Waals surface area contributed by atoms with Gasteiger partial charge >= 0.3 is 5.97 Å². The molecule has 8 heteroatoms. The van der Waals surface area contributed by atoms with Gasteiger partial charge in [-0.2, -0.15) is 0 Å². The molecule has 0 aliphatic heterocycles. The molecule has 2 aromatic rings. The van der Waals surface area contributed by atoms with Gasteiger partial charge in [0.25, 0.3) is 0 Å². The quantitative estimate of drug-likeness (QED) is 0.699. The molecule has 0 saturated heterocycles. The van der Waals surface area contributed by atoms with Gasteiger partial charge in [-0.3, -0.25) is 9.59 Å². The summed E-state index contributed by atoms with van der Waals surface area (Å²) in [6.07, 6.45) is 5.64. The van der Waals surface area contributed by atoms with Crippen molar-refractivity contribution in [2.24, 2.45) is 0 Å². The number of carbonyl (C=O) groups is 2. The molecular weight excluding hydrogens is 326 g/mol. The highest BCUT2D eigenvalue weighted by Gasteiger charge is 2.09. The molecule has 2 N–H and O–H groups in total. The van der Waals surface area contributed by atoms with Crippen LogP contribution in [0.3, 0.4) is 0 Å². The summed E-state index contributed by atoms with van der Waals surface area (Å²) in [5.74, 6) is -0.408. The van der Waals surface area contributed by atoms with E-state index >= 15 is 0 Å². The lowest BCUT2D eigenvalue weighted by Gasteiger charge is -2.12. The van der Waals surface area contributed by atoms with Crippen molar-refractivity contribution >= 4 is 11.9 Å². The van der Waals surface area contributed by atoms with Gasteiger partial charge in [0.1, 0.15) is 12.9 Å². The molecular formula is C17H19N3O5. The van der Waals surface area contributed by atoms with Crippen molar-refractivity contribution in [3.63, 3.8) is 0 Å². The maximum Gasteiger partial charge on any atom is 0.322 e. The number of carbonyl (C=O) groups excluding carboxylic acids is 1. The second kappa shape index (κ2) is 9.21. The van der Waals surface area contributed by atoms with Crippen LogP contribution in [0, 0.1) is 0 Å². The van der Waals surface area contributed by atoms with Crippen LogP contribution in [0.1, 0.15) is 17.5 Å². The van der Waals surface area contributed by atoms with Crippen molar-refractivity contribution in [3.8, 4) is 11.5 Å². The molecule has 25 heavy (non-hydrogen) atoms. The van der Waals surface area contributed by atoms with Crippen molar-refractivity contribution in [2.45, 2.75) is 12.8 Å². The highest BCUT2D eigenvalue weighted by Crippen LogP contribution is 2.29. The van der Waals surface area contributed by atoms with E-state index in [9.17, 15) is 9.59 Å². The number of aromatic nitrogens is 2. The Bertz CT molecular complexity index is 721. The van der Waals surface area contributed by atoms with Crippen molar-refractivity contribution in [3.05, 3.63) is 48.0 Å². The molecule has 1 aromatic heterocycles. The zero-order valence-corrected chi connectivity index (χ0v) is 13.8. The number of carboxylic acids is 1. The van der Waals surface area contributed by atoms with E-state index in [4.69, 9.17) is 14.6 Å². The third-order valence-corrected chi connectivity index (χ3v) is 3.27. The molecule has 0 aliphatic carbocycles. The number of hydrogen-bond donors (Lipinski definition) is 2. The van der Waals surface area contributed by atoms with Crippen LogP contribution in [0.15, 0.2) is 36.9 Å². The highest BCUT2D eigenvalue weighted by atomic mass is 16.5. The lowest BCUT2D eigenvalue weighted by atomic mass is 10.1. The number of nitrogens with one attached hydrogen (secondary N) is 1. The monoisotopic (exact) mass is 345 g/mol. The maximum absolute atomic E-state index is 11.5. The zero-order valence-electron chi connectivity index (χ0n) is 13.8. The molecule has 132 valence electrons. The number of rotatable bonds is 9. The molecule has 1 aromatic carbocycles. The Hall–Kier alpha value is -3.16. The third kappa shape index (κ3) is 6.09. The van der Waals surface area contributed by atoms with E-state index in [0.29, 0.717) is 17.9 Å².